The van der Waals surface area contributed by atoms with Crippen molar-refractivity contribution in [3.05, 3.63) is 0 Å². The Morgan fingerprint density at radius 2 is 0.700 bits per heavy atom. The lowest BCUT2D eigenvalue weighted by Gasteiger charge is -2.01. The number of hydrogen-bond acceptors (Lipinski definition) is 9. The maximum atomic E-state index is 9.78. The van der Waals surface area contributed by atoms with Gasteiger partial charge in [0, 0.05) is 0 Å². The minimum Gasteiger partial charge on any atom is -0.330 e. The van der Waals surface area contributed by atoms with E-state index in [1.807, 2.05) is 0 Å². The molecule has 0 aliphatic rings. The highest BCUT2D eigenvalue weighted by Gasteiger charge is 2.20. The molecular weight excluding hydrogens is 556 g/mol. The van der Waals surface area contributed by atoms with Crippen LogP contribution >= 0.6 is 0 Å². The molecule has 0 aromatic rings. The van der Waals surface area contributed by atoms with E-state index in [4.69, 9.17) is 21.3 Å². The van der Waals surface area contributed by atoms with Crippen molar-refractivity contribution in [2.75, 3.05) is 13.1 Å². The Morgan fingerprint density at radius 1 is 0.475 bits per heavy atom. The van der Waals surface area contributed by atoms with Crippen LogP contribution in [0.3, 0.4) is 0 Å². The van der Waals surface area contributed by atoms with E-state index in [0.29, 0.717) is 0 Å². The molecule has 0 bridgehead atoms. The van der Waals surface area contributed by atoms with Gasteiger partial charge >= 0.3 is 20.8 Å². The van der Waals surface area contributed by atoms with Gasteiger partial charge in [0.25, 0.3) is 0 Å². The van der Waals surface area contributed by atoms with Crippen molar-refractivity contribution in [3.63, 3.8) is 0 Å². The van der Waals surface area contributed by atoms with Gasteiger partial charge in [-0.05, 0) is 25.9 Å². The van der Waals surface area contributed by atoms with Crippen molar-refractivity contribution in [2.24, 2.45) is 11.5 Å². The standard InChI is InChI=1S/2C14H31N.H2O8S2/c2*1-2-3-4-5-6-7-8-9-10-11-12-13-14-15;1-7-10(5,6)8-9(2,3)4/h2*2-15H2,1H3;1H,(H,2,3,4). The number of nitrogens with two attached hydrogens (primary N) is 2. The molecule has 246 valence electrons. The Morgan fingerprint density at radius 3 is 0.850 bits per heavy atom. The smallest absolute Gasteiger partial charge is 0.330 e. The van der Waals surface area contributed by atoms with E-state index in [0.717, 1.165) is 13.1 Å². The van der Waals surface area contributed by atoms with Crippen LogP contribution in [0.25, 0.3) is 0 Å². The molecule has 0 aromatic carbocycles. The highest BCUT2D eigenvalue weighted by Crippen LogP contribution is 2.12. The topological polar surface area (TPSA) is 179 Å². The molecule has 0 saturated carbocycles. The van der Waals surface area contributed by atoms with Crippen LogP contribution in [0.1, 0.15) is 168 Å². The third kappa shape index (κ3) is 47.4. The lowest BCUT2D eigenvalue weighted by molar-refractivity contribution is -0.138. The van der Waals surface area contributed by atoms with Crippen LogP contribution in [0.4, 0.5) is 0 Å². The summed E-state index contributed by atoms with van der Waals surface area (Å²) >= 11 is 0. The van der Waals surface area contributed by atoms with Gasteiger partial charge in [-0.2, -0.15) is 16.8 Å². The van der Waals surface area contributed by atoms with E-state index in [-0.39, 0.29) is 0 Å². The molecule has 0 aromatic heterocycles. The molecule has 0 saturated heterocycles. The Hall–Kier alpha value is -0.340. The van der Waals surface area contributed by atoms with Crippen molar-refractivity contribution in [2.45, 2.75) is 168 Å². The van der Waals surface area contributed by atoms with Crippen LogP contribution in [-0.2, 0) is 28.8 Å². The average Bonchev–Trinajstić information content (AvgIpc) is 2.90. The van der Waals surface area contributed by atoms with Gasteiger partial charge in [0.05, 0.1) is 0 Å². The zero-order valence-corrected chi connectivity index (χ0v) is 27.3. The third-order valence-electron chi connectivity index (χ3n) is 6.38. The molecule has 0 amide bonds. The van der Waals surface area contributed by atoms with E-state index in [1.54, 1.807) is 0 Å². The number of hydrogen-bond donors (Lipinski definition) is 4. The van der Waals surface area contributed by atoms with Crippen molar-refractivity contribution in [3.8, 4) is 0 Å². The van der Waals surface area contributed by atoms with Crippen molar-refractivity contribution in [1.29, 1.82) is 0 Å². The molecule has 0 unspecified atom stereocenters. The summed E-state index contributed by atoms with van der Waals surface area (Å²) in [5.74, 6) is 0. The zero-order chi connectivity index (χ0) is 30.8. The van der Waals surface area contributed by atoms with Gasteiger partial charge in [-0.15, -0.1) is 0 Å². The first-order valence-corrected chi connectivity index (χ1v) is 18.5. The largest absolute Gasteiger partial charge is 0.442 e. The SMILES string of the molecule is CCCCCCCCCCCCCCN.CCCCCCCCCCCCCCN.O=S(=O)(O)OS(=O)(=O)OO. The molecule has 0 aliphatic heterocycles. The summed E-state index contributed by atoms with van der Waals surface area (Å²) < 4.78 is 51.7. The summed E-state index contributed by atoms with van der Waals surface area (Å²) in [5.41, 5.74) is 10.9. The van der Waals surface area contributed by atoms with Crippen LogP contribution < -0.4 is 11.5 Å². The van der Waals surface area contributed by atoms with Gasteiger partial charge in [0.2, 0.25) is 0 Å². The summed E-state index contributed by atoms with van der Waals surface area (Å²) in [7, 11) is -10.2. The molecule has 0 rings (SSSR count). The average molecular weight is 621 g/mol. The summed E-state index contributed by atoms with van der Waals surface area (Å²) in [4.78, 5) is 0. The van der Waals surface area contributed by atoms with Crippen LogP contribution in [0.2, 0.25) is 0 Å². The summed E-state index contributed by atoms with van der Waals surface area (Å²) in [6.07, 6.45) is 33.8. The van der Waals surface area contributed by atoms with Gasteiger partial charge in [0.1, 0.15) is 0 Å². The van der Waals surface area contributed by atoms with Crippen molar-refractivity contribution >= 4 is 20.8 Å². The Bertz CT molecular complexity index is 628. The lowest BCUT2D eigenvalue weighted by Crippen LogP contribution is -2.13. The fourth-order valence-corrected chi connectivity index (χ4v) is 5.03. The Balaban J connectivity index is -0.000000525. The van der Waals surface area contributed by atoms with Crippen LogP contribution in [0, 0.1) is 0 Å². The normalized spacial score (nSPS) is 11.4. The highest BCUT2D eigenvalue weighted by molar-refractivity contribution is 7.94. The molecule has 10 nitrogen and oxygen atoms in total. The second-order valence-electron chi connectivity index (χ2n) is 10.3. The first-order chi connectivity index (χ1) is 19.1. The molecule has 0 radical (unpaired) electrons. The van der Waals surface area contributed by atoms with E-state index >= 15 is 0 Å². The van der Waals surface area contributed by atoms with Crippen molar-refractivity contribution in [1.82, 2.24) is 0 Å². The molecule has 0 spiro atoms. The Kier molecular flexibility index (Phi) is 38.4. The second kappa shape index (κ2) is 34.9. The van der Waals surface area contributed by atoms with E-state index < -0.39 is 20.8 Å². The van der Waals surface area contributed by atoms with Gasteiger partial charge in [-0.25, -0.2) is 5.26 Å². The van der Waals surface area contributed by atoms with Gasteiger partial charge in [-0.3, -0.25) is 4.55 Å². The van der Waals surface area contributed by atoms with Gasteiger partial charge in [0.15, 0.2) is 0 Å². The molecule has 40 heavy (non-hydrogen) atoms. The summed E-state index contributed by atoms with van der Waals surface area (Å²) in [6.45, 7) is 6.30. The van der Waals surface area contributed by atoms with E-state index in [1.165, 1.54) is 154 Å². The zero-order valence-electron chi connectivity index (χ0n) is 25.7. The molecule has 0 atom stereocenters. The second-order valence-corrected chi connectivity index (χ2v) is 12.7. The monoisotopic (exact) mass is 620 g/mol. The minimum atomic E-state index is -5.17. The molecule has 0 aliphatic carbocycles. The maximum absolute atomic E-state index is 9.78. The molecule has 0 heterocycles. The van der Waals surface area contributed by atoms with E-state index in [2.05, 4.69) is 21.8 Å². The predicted octanol–water partition coefficient (Wildman–Crippen LogP) is 7.83. The third-order valence-corrected chi connectivity index (χ3v) is 7.91. The van der Waals surface area contributed by atoms with Crippen LogP contribution in [0.5, 0.6) is 0 Å². The van der Waals surface area contributed by atoms with E-state index in [9.17, 15) is 16.8 Å². The molecular formula is C28H64N2O8S2. The lowest BCUT2D eigenvalue weighted by atomic mass is 10.1. The Labute approximate surface area is 247 Å². The van der Waals surface area contributed by atoms with Crippen molar-refractivity contribution < 1.29 is 34.6 Å². The first-order valence-electron chi connectivity index (χ1n) is 15.8. The fraction of sp³-hybridized carbons (Fsp3) is 1.00. The molecule has 0 fully saturated rings. The first kappa shape index (κ1) is 44.1. The predicted molar refractivity (Wildman–Crippen MR) is 166 cm³/mol. The minimum absolute atomic E-state index is 0.872. The molecule has 12 heteroatoms. The summed E-state index contributed by atoms with van der Waals surface area (Å²) in [5, 5.41) is 7.37. The fourth-order valence-electron chi connectivity index (χ4n) is 4.09. The van der Waals surface area contributed by atoms with Crippen LogP contribution in [-0.4, -0.2) is 39.7 Å². The molecule has 6 N–H and O–H groups in total. The number of rotatable bonds is 27. The summed E-state index contributed by atoms with van der Waals surface area (Å²) in [6, 6.07) is 0. The number of unbranched alkanes of at least 4 members (excludes halogenated alkanes) is 22. The van der Waals surface area contributed by atoms with Gasteiger partial charge in [-0.1, -0.05) is 163 Å². The van der Waals surface area contributed by atoms with Gasteiger partial charge < -0.3 is 11.5 Å². The van der Waals surface area contributed by atoms with Crippen LogP contribution in [0.15, 0.2) is 0 Å². The maximum Gasteiger partial charge on any atom is 0.442 e. The highest BCUT2D eigenvalue weighted by atomic mass is 32.3. The quantitative estimate of drug-likeness (QED) is 0.0306.